The normalized spacial score (nSPS) is 11.5. The van der Waals surface area contributed by atoms with Gasteiger partial charge in [-0.25, -0.2) is 8.42 Å². The Labute approximate surface area is 162 Å². The number of sulfonamides is 1. The molecule has 0 unspecified atom stereocenters. The standard InChI is InChI=1S/C21H28N2O3S/c1-15(2)18-7-9-19(10-8-18)22-21(24)12-13-23(27(5,25)26)20-11-6-16(3)14-17(20)4/h6-11,14-15H,12-13H2,1-5H3,(H,22,24). The van der Waals surface area contributed by atoms with Crippen molar-refractivity contribution in [2.75, 3.05) is 22.4 Å². The number of rotatable bonds is 7. The van der Waals surface area contributed by atoms with Gasteiger partial charge in [0, 0.05) is 18.7 Å². The van der Waals surface area contributed by atoms with E-state index in [1.54, 1.807) is 6.07 Å². The van der Waals surface area contributed by atoms with E-state index in [1.807, 2.05) is 50.2 Å². The topological polar surface area (TPSA) is 66.5 Å². The lowest BCUT2D eigenvalue weighted by atomic mass is 10.0. The number of carbonyl (C=O) groups is 1. The lowest BCUT2D eigenvalue weighted by molar-refractivity contribution is -0.116. The third-order valence-electron chi connectivity index (χ3n) is 4.42. The molecule has 2 aromatic rings. The monoisotopic (exact) mass is 388 g/mol. The summed E-state index contributed by atoms with van der Waals surface area (Å²) in [5.74, 6) is 0.210. The maximum absolute atomic E-state index is 12.3. The summed E-state index contributed by atoms with van der Waals surface area (Å²) in [6.07, 6.45) is 1.24. The van der Waals surface area contributed by atoms with Crippen LogP contribution in [-0.4, -0.2) is 27.1 Å². The van der Waals surface area contributed by atoms with Crippen molar-refractivity contribution in [2.45, 2.75) is 40.0 Å². The maximum atomic E-state index is 12.3. The second kappa shape index (κ2) is 8.57. The van der Waals surface area contributed by atoms with Gasteiger partial charge in [-0.15, -0.1) is 0 Å². The summed E-state index contributed by atoms with van der Waals surface area (Å²) in [7, 11) is -3.48. The average molecular weight is 389 g/mol. The van der Waals surface area contributed by atoms with Gasteiger partial charge >= 0.3 is 0 Å². The van der Waals surface area contributed by atoms with Crippen LogP contribution < -0.4 is 9.62 Å². The first-order valence-electron chi connectivity index (χ1n) is 9.02. The Morgan fingerprint density at radius 3 is 2.22 bits per heavy atom. The minimum Gasteiger partial charge on any atom is -0.326 e. The van der Waals surface area contributed by atoms with Crippen LogP contribution in [0.25, 0.3) is 0 Å². The molecule has 0 saturated heterocycles. The number of hydrogen-bond donors (Lipinski definition) is 1. The van der Waals surface area contributed by atoms with Crippen molar-refractivity contribution in [3.05, 3.63) is 59.2 Å². The predicted molar refractivity (Wildman–Crippen MR) is 112 cm³/mol. The molecule has 0 saturated carbocycles. The molecule has 2 rings (SSSR count). The number of nitrogens with zero attached hydrogens (tertiary/aromatic N) is 1. The summed E-state index contributed by atoms with van der Waals surface area (Å²) in [6.45, 7) is 8.15. The van der Waals surface area contributed by atoms with Gasteiger partial charge in [-0.2, -0.15) is 0 Å². The highest BCUT2D eigenvalue weighted by Gasteiger charge is 2.20. The van der Waals surface area contributed by atoms with E-state index < -0.39 is 10.0 Å². The van der Waals surface area contributed by atoms with Crippen molar-refractivity contribution in [3.63, 3.8) is 0 Å². The Bertz CT molecular complexity index is 904. The molecular weight excluding hydrogens is 360 g/mol. The van der Waals surface area contributed by atoms with Crippen LogP contribution in [0.2, 0.25) is 0 Å². The number of aryl methyl sites for hydroxylation is 2. The van der Waals surface area contributed by atoms with E-state index in [0.717, 1.165) is 17.4 Å². The van der Waals surface area contributed by atoms with Gasteiger partial charge in [0.1, 0.15) is 0 Å². The smallest absolute Gasteiger partial charge is 0.232 e. The number of benzene rings is 2. The van der Waals surface area contributed by atoms with Gasteiger partial charge < -0.3 is 5.32 Å². The van der Waals surface area contributed by atoms with E-state index in [1.165, 1.54) is 9.87 Å². The van der Waals surface area contributed by atoms with Crippen LogP contribution in [0.4, 0.5) is 11.4 Å². The first-order chi connectivity index (χ1) is 12.6. The molecule has 2 aromatic carbocycles. The average Bonchev–Trinajstić information content (AvgIpc) is 2.56. The molecule has 0 atom stereocenters. The molecule has 0 fully saturated rings. The molecule has 0 aliphatic heterocycles. The largest absolute Gasteiger partial charge is 0.326 e. The van der Waals surface area contributed by atoms with Crippen LogP contribution in [-0.2, 0) is 14.8 Å². The summed E-state index contributed by atoms with van der Waals surface area (Å²) in [5, 5.41) is 2.83. The Kier molecular flexibility index (Phi) is 6.65. The van der Waals surface area contributed by atoms with Crippen molar-refractivity contribution >= 4 is 27.3 Å². The molecule has 0 aromatic heterocycles. The molecule has 1 N–H and O–H groups in total. The second-order valence-electron chi connectivity index (χ2n) is 7.20. The summed E-state index contributed by atoms with van der Waals surface area (Å²) in [4.78, 5) is 12.3. The first-order valence-corrected chi connectivity index (χ1v) is 10.9. The predicted octanol–water partition coefficient (Wildman–Crippen LogP) is 4.22. The molecule has 0 aliphatic rings. The molecule has 0 radical (unpaired) electrons. The zero-order valence-corrected chi connectivity index (χ0v) is 17.4. The Hall–Kier alpha value is -2.34. The van der Waals surface area contributed by atoms with E-state index in [4.69, 9.17) is 0 Å². The lowest BCUT2D eigenvalue weighted by Gasteiger charge is -2.24. The summed E-state index contributed by atoms with van der Waals surface area (Å²) in [6, 6.07) is 13.3. The van der Waals surface area contributed by atoms with E-state index in [0.29, 0.717) is 17.3 Å². The number of anilines is 2. The van der Waals surface area contributed by atoms with Gasteiger partial charge in [-0.1, -0.05) is 43.7 Å². The molecule has 6 heteroatoms. The van der Waals surface area contributed by atoms with E-state index in [-0.39, 0.29) is 18.9 Å². The van der Waals surface area contributed by atoms with Crippen molar-refractivity contribution in [1.29, 1.82) is 0 Å². The maximum Gasteiger partial charge on any atom is 0.232 e. The fourth-order valence-electron chi connectivity index (χ4n) is 2.93. The summed E-state index contributed by atoms with van der Waals surface area (Å²) >= 11 is 0. The van der Waals surface area contributed by atoms with E-state index in [9.17, 15) is 13.2 Å². The van der Waals surface area contributed by atoms with Crippen molar-refractivity contribution in [2.24, 2.45) is 0 Å². The second-order valence-corrected chi connectivity index (χ2v) is 9.11. The van der Waals surface area contributed by atoms with Crippen molar-refractivity contribution in [3.8, 4) is 0 Å². The van der Waals surface area contributed by atoms with Gasteiger partial charge in [-0.3, -0.25) is 9.10 Å². The molecule has 146 valence electrons. The fraction of sp³-hybridized carbons (Fsp3) is 0.381. The molecule has 27 heavy (non-hydrogen) atoms. The van der Waals surface area contributed by atoms with Crippen LogP contribution >= 0.6 is 0 Å². The molecular formula is C21H28N2O3S. The summed E-state index contributed by atoms with van der Waals surface area (Å²) in [5.41, 5.74) is 4.45. The Morgan fingerprint density at radius 2 is 1.70 bits per heavy atom. The Morgan fingerprint density at radius 1 is 1.07 bits per heavy atom. The highest BCUT2D eigenvalue weighted by Crippen LogP contribution is 2.24. The third kappa shape index (κ3) is 5.82. The van der Waals surface area contributed by atoms with Gasteiger partial charge in [-0.05, 0) is 49.1 Å². The van der Waals surface area contributed by atoms with E-state index >= 15 is 0 Å². The highest BCUT2D eigenvalue weighted by molar-refractivity contribution is 7.92. The Balaban J connectivity index is 2.07. The van der Waals surface area contributed by atoms with Gasteiger partial charge in [0.15, 0.2) is 0 Å². The number of nitrogens with one attached hydrogen (secondary N) is 1. The zero-order valence-electron chi connectivity index (χ0n) is 16.6. The molecule has 0 heterocycles. The van der Waals surface area contributed by atoms with Crippen LogP contribution in [0.15, 0.2) is 42.5 Å². The van der Waals surface area contributed by atoms with Crippen LogP contribution in [0, 0.1) is 13.8 Å². The van der Waals surface area contributed by atoms with Crippen molar-refractivity contribution in [1.82, 2.24) is 0 Å². The van der Waals surface area contributed by atoms with Crippen LogP contribution in [0.3, 0.4) is 0 Å². The van der Waals surface area contributed by atoms with Gasteiger partial charge in [0.2, 0.25) is 15.9 Å². The quantitative estimate of drug-likeness (QED) is 0.772. The SMILES string of the molecule is Cc1ccc(N(CCC(=O)Nc2ccc(C(C)C)cc2)S(C)(=O)=O)c(C)c1. The molecule has 5 nitrogen and oxygen atoms in total. The molecule has 0 aliphatic carbocycles. The van der Waals surface area contributed by atoms with Gasteiger partial charge in [0.25, 0.3) is 0 Å². The van der Waals surface area contributed by atoms with Gasteiger partial charge in [0.05, 0.1) is 11.9 Å². The zero-order chi connectivity index (χ0) is 20.2. The summed E-state index contributed by atoms with van der Waals surface area (Å²) < 4.78 is 25.8. The third-order valence-corrected chi connectivity index (χ3v) is 5.60. The van der Waals surface area contributed by atoms with Crippen molar-refractivity contribution < 1.29 is 13.2 Å². The fourth-order valence-corrected chi connectivity index (χ4v) is 3.91. The number of hydrogen-bond acceptors (Lipinski definition) is 3. The molecule has 1 amide bonds. The first kappa shape index (κ1) is 21.0. The minimum atomic E-state index is -3.48. The lowest BCUT2D eigenvalue weighted by Crippen LogP contribution is -2.33. The number of amides is 1. The minimum absolute atomic E-state index is 0.0757. The van der Waals surface area contributed by atoms with Crippen LogP contribution in [0.1, 0.15) is 42.9 Å². The van der Waals surface area contributed by atoms with E-state index in [2.05, 4.69) is 19.2 Å². The number of carbonyl (C=O) groups excluding carboxylic acids is 1. The van der Waals surface area contributed by atoms with Crippen LogP contribution in [0.5, 0.6) is 0 Å². The molecule has 0 spiro atoms. The highest BCUT2D eigenvalue weighted by atomic mass is 32.2. The molecule has 0 bridgehead atoms.